The van der Waals surface area contributed by atoms with E-state index in [1.54, 1.807) is 0 Å². The van der Waals surface area contributed by atoms with Crippen molar-refractivity contribution < 1.29 is 11.9 Å². The van der Waals surface area contributed by atoms with Crippen molar-refractivity contribution in [3.63, 3.8) is 0 Å². The topological polar surface area (TPSA) is 6.48 Å². The number of hydrogen-bond donors (Lipinski definition) is 0. The Morgan fingerprint density at radius 3 is 1.20 bits per heavy atom. The molecule has 0 saturated carbocycles. The van der Waals surface area contributed by atoms with E-state index in [0.717, 1.165) is 27.1 Å². The molecule has 0 aromatic heterocycles. The van der Waals surface area contributed by atoms with E-state index in [4.69, 9.17) is 19.4 Å². The molecule has 0 spiro atoms. The minimum atomic E-state index is -3.77. The summed E-state index contributed by atoms with van der Waals surface area (Å²) in [7, 11) is 15.0. The Morgan fingerprint density at radius 2 is 0.800 bits per heavy atom. The number of rotatable bonds is 6. The fraction of sp³-hybridized carbons (Fsp3) is 0.148. The maximum atomic E-state index is 7.92. The molecule has 0 bridgehead atoms. The van der Waals surface area contributed by atoms with Crippen molar-refractivity contribution in [1.29, 1.82) is 0 Å². The van der Waals surface area contributed by atoms with Crippen LogP contribution in [0, 0.1) is 41.5 Å². The fourth-order valence-corrected chi connectivity index (χ4v) is 18.5. The molecule has 6 heteroatoms. The van der Waals surface area contributed by atoms with Gasteiger partial charge in [-0.05, 0) is 36.4 Å². The second kappa shape index (κ2) is 18.1. The Bertz CT molecular complexity index is 2610. The third-order valence-corrected chi connectivity index (χ3v) is 20.9. The van der Waals surface area contributed by atoms with Gasteiger partial charge in [0, 0.05) is 0 Å². The first-order chi connectivity index (χ1) is 29.0. The number of fused-ring (bicyclic) bond motifs is 1. The molecule has 1 aliphatic carbocycles. The summed E-state index contributed by atoms with van der Waals surface area (Å²) in [6, 6.07) is 60.7. The second-order valence-electron chi connectivity index (χ2n) is 15.7. The molecule has 60 heavy (non-hydrogen) atoms. The standard InChI is InChI=1S/C21H26N2.C18H15P.C15H10.2ClH.Ru/c1-14-9-16(3)20(17(4)10-14)22-7-8-23(13-22)21-18(5)11-15(2)12-19(21)6;1-4-10-16(11-5-1)19(17-12-6-2-7-13-17)18-14-8-3-9-15-18;1-2-6-12(7-3-1)15-11-10-13-8-4-5-9-14(13)15;;;/h9-12H,7-8H2,1-6H3;1-15H;1-9,11H;2*1H;/q;;;;;+2/p-1. The van der Waals surface area contributed by atoms with E-state index < -0.39 is 19.8 Å². The quantitative estimate of drug-likeness (QED) is 0.121. The molecule has 7 aromatic carbocycles. The van der Waals surface area contributed by atoms with E-state index in [1.165, 1.54) is 77.4 Å². The van der Waals surface area contributed by atoms with Gasteiger partial charge in [0.25, 0.3) is 0 Å². The van der Waals surface area contributed by atoms with Crippen LogP contribution in [0.3, 0.4) is 0 Å². The third-order valence-electron chi connectivity index (χ3n) is 11.2. The maximum Gasteiger partial charge on any atom is 0.102 e. The largest absolute Gasteiger partial charge is 0.102 e. The van der Waals surface area contributed by atoms with Gasteiger partial charge in [-0.3, -0.25) is 0 Å². The monoisotopic (exact) mass is 931 g/mol. The van der Waals surface area contributed by atoms with Crippen molar-refractivity contribution in [1.82, 2.24) is 0 Å². The Balaban J connectivity index is 0.000000218. The molecule has 304 valence electrons. The second-order valence-corrected chi connectivity index (χ2v) is 27.5. The summed E-state index contributed by atoms with van der Waals surface area (Å²) in [5.41, 5.74) is 14.7. The predicted octanol–water partition coefficient (Wildman–Crippen LogP) is 12.3. The summed E-state index contributed by atoms with van der Waals surface area (Å²) in [5.74, 6) is 0. The average molecular weight is 932 g/mol. The number of benzene rings is 7. The Morgan fingerprint density at radius 1 is 0.450 bits per heavy atom. The van der Waals surface area contributed by atoms with Gasteiger partial charge in [0.05, 0.1) is 7.92 Å². The molecule has 1 heterocycles. The summed E-state index contributed by atoms with van der Waals surface area (Å²) in [5, 5.41) is 4.31. The van der Waals surface area contributed by atoms with Crippen LogP contribution in [0.2, 0.25) is 0 Å². The van der Waals surface area contributed by atoms with Crippen molar-refractivity contribution in [3.05, 3.63) is 226 Å². The SMILES string of the molecule is Cc1cc(C)c(N2CCN(c3c(C)cc(C)cc3C)[C]2=[Ru]([Cl])([Cl])=[C]2C=C(c3ccccc3)c3ccccc32)c(C)c1.c1ccc([PH+](c2ccccc2)c2ccccc2)cc1. The number of anilines is 2. The van der Waals surface area contributed by atoms with E-state index in [0.29, 0.717) is 0 Å². The first-order valence-corrected chi connectivity index (χ1v) is 28.2. The molecule has 2 aliphatic rings. The molecule has 0 N–H and O–H groups in total. The van der Waals surface area contributed by atoms with Gasteiger partial charge in [0.1, 0.15) is 15.9 Å². The fourth-order valence-electron chi connectivity index (χ4n) is 9.00. The van der Waals surface area contributed by atoms with E-state index in [2.05, 4.69) is 227 Å². The summed E-state index contributed by atoms with van der Waals surface area (Å²) in [6.45, 7) is 14.8. The van der Waals surface area contributed by atoms with Crippen LogP contribution in [0.25, 0.3) is 5.57 Å². The Hall–Kier alpha value is -4.75. The van der Waals surface area contributed by atoms with Crippen molar-refractivity contribution >= 4 is 68.6 Å². The summed E-state index contributed by atoms with van der Waals surface area (Å²) in [4.78, 5) is 4.89. The molecule has 0 radical (unpaired) electrons. The van der Waals surface area contributed by atoms with Gasteiger partial charge in [0.2, 0.25) is 0 Å². The van der Waals surface area contributed by atoms with Gasteiger partial charge in [-0.25, -0.2) is 0 Å². The molecule has 7 aromatic rings. The van der Waals surface area contributed by atoms with Crippen molar-refractivity contribution in [2.75, 3.05) is 22.9 Å². The van der Waals surface area contributed by atoms with Gasteiger partial charge in [0.15, 0.2) is 0 Å². The van der Waals surface area contributed by atoms with Gasteiger partial charge in [-0.1, -0.05) is 54.6 Å². The van der Waals surface area contributed by atoms with E-state index in [-0.39, 0.29) is 0 Å². The van der Waals surface area contributed by atoms with Crippen LogP contribution in [0.15, 0.2) is 176 Å². The maximum absolute atomic E-state index is 7.92. The van der Waals surface area contributed by atoms with Gasteiger partial charge in [-0.15, -0.1) is 0 Å². The van der Waals surface area contributed by atoms with Crippen molar-refractivity contribution in [3.8, 4) is 0 Å². The molecule has 1 aliphatic heterocycles. The Kier molecular flexibility index (Phi) is 12.6. The van der Waals surface area contributed by atoms with Crippen molar-refractivity contribution in [2.24, 2.45) is 0 Å². The molecule has 2 nitrogen and oxygen atoms in total. The zero-order valence-corrected chi connectivity index (χ0v) is 39.4. The molecular formula is C54H52Cl2N2PRu+. The third kappa shape index (κ3) is 8.44. The first-order valence-electron chi connectivity index (χ1n) is 20.5. The first kappa shape index (κ1) is 42.0. The number of halogens is 2. The van der Waals surface area contributed by atoms with Crippen LogP contribution in [-0.4, -0.2) is 21.6 Å². The Labute approximate surface area is 368 Å². The van der Waals surface area contributed by atoms with E-state index in [1.807, 2.05) is 0 Å². The number of aryl methyl sites for hydroxylation is 6. The molecule has 0 atom stereocenters. The van der Waals surface area contributed by atoms with Crippen LogP contribution in [0.5, 0.6) is 0 Å². The zero-order chi connectivity index (χ0) is 42.0. The van der Waals surface area contributed by atoms with Gasteiger partial charge in [-0.2, -0.15) is 0 Å². The molecular weight excluding hydrogens is 880 g/mol. The van der Waals surface area contributed by atoms with Gasteiger partial charge < -0.3 is 0 Å². The molecule has 0 amide bonds. The molecule has 1 fully saturated rings. The summed E-state index contributed by atoms with van der Waals surface area (Å²) >= 11 is -3.77. The molecule has 0 unspecified atom stereocenters. The molecule has 1 saturated heterocycles. The van der Waals surface area contributed by atoms with E-state index >= 15 is 0 Å². The van der Waals surface area contributed by atoms with Gasteiger partial charge >= 0.3 is 256 Å². The predicted molar refractivity (Wildman–Crippen MR) is 263 cm³/mol. The number of nitrogens with zero attached hydrogens (tertiary/aromatic N) is 2. The minimum Gasteiger partial charge on any atom is -0.0620 e. The number of allylic oxidation sites excluding steroid dienone is 1. The smallest absolute Gasteiger partial charge is 0.0620 e. The van der Waals surface area contributed by atoms with Crippen LogP contribution in [0.4, 0.5) is 11.4 Å². The zero-order valence-electron chi connectivity index (χ0n) is 35.2. The normalized spacial score (nSPS) is 13.9. The number of hydrogen-bond acceptors (Lipinski definition) is 2. The minimum absolute atomic E-state index is 0.832. The van der Waals surface area contributed by atoms with Crippen LogP contribution in [0.1, 0.15) is 50.1 Å². The van der Waals surface area contributed by atoms with Crippen LogP contribution >= 0.6 is 27.3 Å². The van der Waals surface area contributed by atoms with E-state index in [9.17, 15) is 0 Å². The molecule has 9 rings (SSSR count). The van der Waals surface area contributed by atoms with Crippen molar-refractivity contribution in [2.45, 2.75) is 41.5 Å². The summed E-state index contributed by atoms with van der Waals surface area (Å²) < 4.78 is 2.14. The average Bonchev–Trinajstić information content (AvgIpc) is 3.86. The summed E-state index contributed by atoms with van der Waals surface area (Å²) in [6.07, 6.45) is 2.28. The van der Waals surface area contributed by atoms with Crippen LogP contribution in [-0.2, 0) is 11.9 Å². The van der Waals surface area contributed by atoms with Crippen LogP contribution < -0.4 is 25.7 Å².